The Labute approximate surface area is 244 Å². The lowest BCUT2D eigenvalue weighted by Gasteiger charge is -2.32. The van der Waals surface area contributed by atoms with Gasteiger partial charge in [0.15, 0.2) is 0 Å². The van der Waals surface area contributed by atoms with Gasteiger partial charge in [-0.25, -0.2) is 9.37 Å². The number of rotatable bonds is 7. The Balaban J connectivity index is 1.44. The van der Waals surface area contributed by atoms with Gasteiger partial charge in [-0.05, 0) is 61.7 Å². The molecule has 1 atom stereocenters. The summed E-state index contributed by atoms with van der Waals surface area (Å²) in [5, 5.41) is 3.86. The number of methoxy groups -OCH3 is 1. The van der Waals surface area contributed by atoms with E-state index in [1.165, 1.54) is 18.1 Å². The third kappa shape index (κ3) is 4.96. The van der Waals surface area contributed by atoms with E-state index < -0.39 is 0 Å². The van der Waals surface area contributed by atoms with Crippen LogP contribution in [-0.2, 0) is 7.05 Å². The molecule has 0 unspecified atom stereocenters. The molecule has 42 heavy (non-hydrogen) atoms. The summed E-state index contributed by atoms with van der Waals surface area (Å²) >= 11 is 0. The molecule has 4 aromatic rings. The van der Waals surface area contributed by atoms with Crippen molar-refractivity contribution in [3.63, 3.8) is 0 Å². The number of pyridine rings is 2. The summed E-state index contributed by atoms with van der Waals surface area (Å²) in [5.41, 5.74) is 5.57. The van der Waals surface area contributed by atoms with Crippen LogP contribution in [0, 0.1) is 12.7 Å². The molecule has 220 valence electrons. The van der Waals surface area contributed by atoms with E-state index in [2.05, 4.69) is 38.8 Å². The predicted octanol–water partition coefficient (Wildman–Crippen LogP) is 4.77. The van der Waals surface area contributed by atoms with Crippen molar-refractivity contribution < 1.29 is 13.9 Å². The van der Waals surface area contributed by atoms with E-state index in [0.717, 1.165) is 40.1 Å². The minimum Gasteiger partial charge on any atom is -0.490 e. The maximum absolute atomic E-state index is 15.2. The fraction of sp³-hybridized carbons (Fsp3) is 0.344. The standard InChI is InChI=1S/C32H37FN6O3/c1-19-16-22(31(40)36(4)5)17-24(33)28(19)21-9-13-38(14-10-21)20(2)27-18-23-26(8-12-35-30(23)37(27)6)39-15-11-25(34-3)29(42-7)32(39)41/h8-9,11-12,15-18,20,34H,10,13-14H2,1-7H3/t20-/m0/s1. The van der Waals surface area contributed by atoms with Crippen LogP contribution >= 0.6 is 0 Å². The lowest BCUT2D eigenvalue weighted by molar-refractivity contribution is 0.0827. The van der Waals surface area contributed by atoms with Crippen LogP contribution in [0.3, 0.4) is 0 Å². The van der Waals surface area contributed by atoms with Gasteiger partial charge in [0.05, 0.1) is 18.5 Å². The third-order valence-electron chi connectivity index (χ3n) is 8.20. The van der Waals surface area contributed by atoms with E-state index in [1.807, 2.05) is 26.1 Å². The van der Waals surface area contributed by atoms with Crippen molar-refractivity contribution in [3.8, 4) is 11.4 Å². The fourth-order valence-corrected chi connectivity index (χ4v) is 5.92. The van der Waals surface area contributed by atoms with Gasteiger partial charge in [0.1, 0.15) is 11.5 Å². The lowest BCUT2D eigenvalue weighted by Crippen LogP contribution is -2.32. The molecule has 0 bridgehead atoms. The minimum atomic E-state index is -0.366. The smallest absolute Gasteiger partial charge is 0.299 e. The summed E-state index contributed by atoms with van der Waals surface area (Å²) in [6.45, 7) is 5.40. The monoisotopic (exact) mass is 572 g/mol. The second-order valence-corrected chi connectivity index (χ2v) is 10.9. The molecule has 3 aromatic heterocycles. The van der Waals surface area contributed by atoms with Crippen LogP contribution in [0.1, 0.15) is 46.6 Å². The second kappa shape index (κ2) is 11.4. The number of aryl methyl sites for hydroxylation is 2. The second-order valence-electron chi connectivity index (χ2n) is 10.9. The van der Waals surface area contributed by atoms with E-state index in [1.54, 1.807) is 44.2 Å². The van der Waals surface area contributed by atoms with Crippen LogP contribution < -0.4 is 15.6 Å². The number of nitrogens with one attached hydrogen (secondary N) is 1. The number of aromatic nitrogens is 3. The van der Waals surface area contributed by atoms with E-state index in [0.29, 0.717) is 29.8 Å². The van der Waals surface area contributed by atoms with Crippen molar-refractivity contribution >= 4 is 28.2 Å². The zero-order chi connectivity index (χ0) is 30.3. The van der Waals surface area contributed by atoms with Crippen LogP contribution in [0.4, 0.5) is 10.1 Å². The van der Waals surface area contributed by atoms with Gasteiger partial charge in [-0.3, -0.25) is 19.1 Å². The number of anilines is 1. The highest BCUT2D eigenvalue weighted by atomic mass is 19.1. The first-order valence-corrected chi connectivity index (χ1v) is 13.9. The summed E-state index contributed by atoms with van der Waals surface area (Å²) in [6.07, 6.45) is 6.22. The molecule has 1 aliphatic rings. The van der Waals surface area contributed by atoms with E-state index >= 15 is 4.39 Å². The molecular weight excluding hydrogens is 535 g/mol. The molecule has 1 amide bonds. The Morgan fingerprint density at radius 3 is 2.60 bits per heavy atom. The zero-order valence-corrected chi connectivity index (χ0v) is 25.2. The summed E-state index contributed by atoms with van der Waals surface area (Å²) in [4.78, 5) is 34.1. The molecule has 0 fully saturated rings. The van der Waals surface area contributed by atoms with Crippen molar-refractivity contribution in [2.75, 3.05) is 46.7 Å². The van der Waals surface area contributed by atoms with Crippen LogP contribution in [0.2, 0.25) is 0 Å². The largest absolute Gasteiger partial charge is 0.490 e. The molecule has 0 aliphatic carbocycles. The molecule has 1 N–H and O–H groups in total. The number of nitrogens with zero attached hydrogens (tertiary/aromatic N) is 5. The molecule has 1 aliphatic heterocycles. The van der Waals surface area contributed by atoms with Crippen molar-refractivity contribution in [1.29, 1.82) is 0 Å². The average Bonchev–Trinajstić information content (AvgIpc) is 3.32. The number of hydrogen-bond donors (Lipinski definition) is 1. The highest BCUT2D eigenvalue weighted by molar-refractivity contribution is 5.94. The van der Waals surface area contributed by atoms with Gasteiger partial charge < -0.3 is 19.5 Å². The molecule has 10 heteroatoms. The Morgan fingerprint density at radius 1 is 1.21 bits per heavy atom. The zero-order valence-electron chi connectivity index (χ0n) is 25.2. The predicted molar refractivity (Wildman–Crippen MR) is 164 cm³/mol. The highest BCUT2D eigenvalue weighted by Gasteiger charge is 2.26. The van der Waals surface area contributed by atoms with E-state index in [9.17, 15) is 9.59 Å². The number of halogens is 1. The van der Waals surface area contributed by atoms with Crippen molar-refractivity contribution in [2.24, 2.45) is 7.05 Å². The summed E-state index contributed by atoms with van der Waals surface area (Å²) in [6, 6.07) is 8.89. The molecular formula is C32H37FN6O3. The van der Waals surface area contributed by atoms with Gasteiger partial charge in [0, 0.05) is 81.9 Å². The molecule has 1 aromatic carbocycles. The van der Waals surface area contributed by atoms with Gasteiger partial charge >= 0.3 is 0 Å². The Kier molecular flexibility index (Phi) is 7.92. The number of benzene rings is 1. The summed E-state index contributed by atoms with van der Waals surface area (Å²) in [7, 11) is 8.54. The number of carbonyl (C=O) groups excluding carboxylic acids is 1. The number of amides is 1. The molecule has 9 nitrogen and oxygen atoms in total. The Morgan fingerprint density at radius 2 is 1.98 bits per heavy atom. The van der Waals surface area contributed by atoms with Crippen molar-refractivity contribution in [2.45, 2.75) is 26.3 Å². The Bertz CT molecular complexity index is 1750. The Hall–Kier alpha value is -4.44. The highest BCUT2D eigenvalue weighted by Crippen LogP contribution is 2.34. The quantitative estimate of drug-likeness (QED) is 0.343. The van der Waals surface area contributed by atoms with Gasteiger partial charge in [-0.2, -0.15) is 0 Å². The third-order valence-corrected chi connectivity index (χ3v) is 8.20. The molecule has 5 rings (SSSR count). The van der Waals surface area contributed by atoms with Crippen LogP contribution in [-0.4, -0.2) is 71.2 Å². The lowest BCUT2D eigenvalue weighted by atomic mass is 9.92. The normalized spacial score (nSPS) is 14.5. The molecule has 0 saturated carbocycles. The number of hydrogen-bond acceptors (Lipinski definition) is 6. The number of fused-ring (bicyclic) bond motifs is 1. The average molecular weight is 573 g/mol. The molecule has 0 saturated heterocycles. The molecule has 0 spiro atoms. The van der Waals surface area contributed by atoms with Crippen LogP contribution in [0.5, 0.6) is 5.75 Å². The van der Waals surface area contributed by atoms with Gasteiger partial charge in [-0.1, -0.05) is 6.08 Å². The summed E-state index contributed by atoms with van der Waals surface area (Å²) in [5.74, 6) is -0.335. The maximum atomic E-state index is 15.2. The van der Waals surface area contributed by atoms with Crippen LogP contribution in [0.15, 0.2) is 53.6 Å². The van der Waals surface area contributed by atoms with Gasteiger partial charge in [0.2, 0.25) is 5.75 Å². The minimum absolute atomic E-state index is 0.0406. The molecule has 0 radical (unpaired) electrons. The summed E-state index contributed by atoms with van der Waals surface area (Å²) < 4.78 is 24.3. The van der Waals surface area contributed by atoms with Gasteiger partial charge in [-0.15, -0.1) is 0 Å². The van der Waals surface area contributed by atoms with Gasteiger partial charge in [0.25, 0.3) is 11.5 Å². The topological polar surface area (TPSA) is 84.6 Å². The number of carbonyl (C=O) groups is 1. The number of ether oxygens (including phenoxy) is 1. The van der Waals surface area contributed by atoms with Crippen LogP contribution in [0.25, 0.3) is 22.3 Å². The first kappa shape index (κ1) is 29.1. The SMILES string of the molecule is CNc1ccn(-c2ccnc3c2cc([C@H](C)N2CC=C(c4c(C)cc(C(=O)N(C)C)cc4F)CC2)n3C)c(=O)c1OC. The first-order chi connectivity index (χ1) is 20.1. The maximum Gasteiger partial charge on any atom is 0.299 e. The van der Waals surface area contributed by atoms with E-state index in [4.69, 9.17) is 4.74 Å². The first-order valence-electron chi connectivity index (χ1n) is 13.9. The van der Waals surface area contributed by atoms with Crippen molar-refractivity contribution in [1.82, 2.24) is 23.9 Å². The van der Waals surface area contributed by atoms with E-state index in [-0.39, 0.29) is 29.1 Å². The fourth-order valence-electron chi connectivity index (χ4n) is 5.92. The van der Waals surface area contributed by atoms with Crippen molar-refractivity contribution in [3.05, 3.63) is 87.4 Å². The molecule has 4 heterocycles.